The van der Waals surface area contributed by atoms with Gasteiger partial charge >= 0.3 is 5.97 Å². The topological polar surface area (TPSA) is 96.4 Å². The number of rotatable bonds is 4. The van der Waals surface area contributed by atoms with E-state index in [1.165, 1.54) is 30.5 Å². The van der Waals surface area contributed by atoms with Crippen molar-refractivity contribution in [2.45, 2.75) is 11.8 Å². The minimum absolute atomic E-state index is 0.0968. The molecule has 0 unspecified atom stereocenters. The zero-order valence-electron chi connectivity index (χ0n) is 10.9. The van der Waals surface area contributed by atoms with Crippen LogP contribution in [0.15, 0.2) is 41.4 Å². The van der Waals surface area contributed by atoms with E-state index >= 15 is 0 Å². The van der Waals surface area contributed by atoms with Gasteiger partial charge in [-0.1, -0.05) is 17.7 Å². The molecular formula is C13H11ClN2O4S. The van der Waals surface area contributed by atoms with E-state index < -0.39 is 16.0 Å². The first kappa shape index (κ1) is 15.3. The first-order valence-electron chi connectivity index (χ1n) is 5.78. The van der Waals surface area contributed by atoms with Crippen LogP contribution in [0.1, 0.15) is 15.9 Å². The van der Waals surface area contributed by atoms with Gasteiger partial charge in [0.1, 0.15) is 5.82 Å². The molecule has 1 aromatic carbocycles. The van der Waals surface area contributed by atoms with Gasteiger partial charge in [0.05, 0.1) is 15.5 Å². The standard InChI is InChI=1S/C13H11ClN2O4S/c1-8-2-3-9(13(17)18)6-11(8)21(19,20)16-12-5-4-10(14)7-15-12/h2-7H,1H3,(H,15,16)(H,17,18). The second kappa shape index (κ2) is 5.71. The number of halogens is 1. The molecule has 0 spiro atoms. The molecule has 0 bridgehead atoms. The van der Waals surface area contributed by atoms with Crippen LogP contribution < -0.4 is 4.72 Å². The van der Waals surface area contributed by atoms with E-state index in [1.807, 2.05) is 0 Å². The lowest BCUT2D eigenvalue weighted by atomic mass is 10.1. The number of carboxylic acids is 1. The molecule has 110 valence electrons. The molecule has 0 fully saturated rings. The first-order chi connectivity index (χ1) is 9.79. The van der Waals surface area contributed by atoms with Crippen molar-refractivity contribution in [2.24, 2.45) is 0 Å². The summed E-state index contributed by atoms with van der Waals surface area (Å²) in [5.41, 5.74) is 0.325. The maximum absolute atomic E-state index is 12.3. The van der Waals surface area contributed by atoms with Gasteiger partial charge < -0.3 is 5.11 Å². The molecule has 0 atom stereocenters. The zero-order chi connectivity index (χ0) is 15.6. The van der Waals surface area contributed by atoms with Crippen LogP contribution in [-0.2, 0) is 10.0 Å². The average Bonchev–Trinajstić information content (AvgIpc) is 2.41. The second-order valence-electron chi connectivity index (χ2n) is 4.25. The SMILES string of the molecule is Cc1ccc(C(=O)O)cc1S(=O)(=O)Nc1ccc(Cl)cn1. The molecule has 0 aliphatic carbocycles. The number of carbonyl (C=O) groups is 1. The Morgan fingerprint density at radius 2 is 2.00 bits per heavy atom. The van der Waals surface area contributed by atoms with Gasteiger partial charge in [-0.3, -0.25) is 4.72 Å². The van der Waals surface area contributed by atoms with Crippen molar-refractivity contribution in [3.63, 3.8) is 0 Å². The summed E-state index contributed by atoms with van der Waals surface area (Å²) in [4.78, 5) is 14.7. The number of hydrogen-bond donors (Lipinski definition) is 2. The Morgan fingerprint density at radius 1 is 1.29 bits per heavy atom. The molecule has 21 heavy (non-hydrogen) atoms. The lowest BCUT2D eigenvalue weighted by molar-refractivity contribution is 0.0696. The van der Waals surface area contributed by atoms with Crippen LogP contribution in [0.4, 0.5) is 5.82 Å². The van der Waals surface area contributed by atoms with E-state index in [0.29, 0.717) is 10.6 Å². The number of aryl methyl sites for hydroxylation is 1. The average molecular weight is 327 g/mol. The lowest BCUT2D eigenvalue weighted by Crippen LogP contribution is -2.16. The first-order valence-corrected chi connectivity index (χ1v) is 7.64. The van der Waals surface area contributed by atoms with Crippen LogP contribution in [0.5, 0.6) is 0 Å². The molecule has 2 rings (SSSR count). The summed E-state index contributed by atoms with van der Waals surface area (Å²) in [5.74, 6) is -1.10. The maximum atomic E-state index is 12.3. The quantitative estimate of drug-likeness (QED) is 0.900. The van der Waals surface area contributed by atoms with Crippen molar-refractivity contribution < 1.29 is 18.3 Å². The van der Waals surface area contributed by atoms with Crippen molar-refractivity contribution in [2.75, 3.05) is 4.72 Å². The Morgan fingerprint density at radius 3 is 2.57 bits per heavy atom. The molecule has 6 nitrogen and oxygen atoms in total. The number of aromatic nitrogens is 1. The highest BCUT2D eigenvalue weighted by Crippen LogP contribution is 2.20. The predicted octanol–water partition coefficient (Wildman–Crippen LogP) is 2.54. The highest BCUT2D eigenvalue weighted by Gasteiger charge is 2.19. The van der Waals surface area contributed by atoms with E-state index in [-0.39, 0.29) is 16.3 Å². The Bertz CT molecular complexity index is 788. The summed E-state index contributed by atoms with van der Waals surface area (Å²) in [5, 5.41) is 9.32. The highest BCUT2D eigenvalue weighted by atomic mass is 35.5. The van der Waals surface area contributed by atoms with Crippen LogP contribution in [0, 0.1) is 6.92 Å². The monoisotopic (exact) mass is 326 g/mol. The Hall–Kier alpha value is -2.12. The van der Waals surface area contributed by atoms with Gasteiger partial charge in [0.2, 0.25) is 0 Å². The molecule has 0 aliphatic heterocycles. The lowest BCUT2D eigenvalue weighted by Gasteiger charge is -2.10. The molecule has 8 heteroatoms. The summed E-state index contributed by atoms with van der Waals surface area (Å²) in [6, 6.07) is 6.80. The van der Waals surface area contributed by atoms with Crippen LogP contribution in [0.25, 0.3) is 0 Å². The summed E-state index contributed by atoms with van der Waals surface area (Å²) in [7, 11) is -3.93. The van der Waals surface area contributed by atoms with E-state index in [1.54, 1.807) is 6.92 Å². The predicted molar refractivity (Wildman–Crippen MR) is 78.2 cm³/mol. The molecular weight excluding hydrogens is 316 g/mol. The Labute approximate surface area is 126 Å². The molecule has 2 aromatic rings. The maximum Gasteiger partial charge on any atom is 0.335 e. The van der Waals surface area contributed by atoms with Gasteiger partial charge in [0, 0.05) is 6.20 Å². The van der Waals surface area contributed by atoms with Crippen LogP contribution in [0.2, 0.25) is 5.02 Å². The van der Waals surface area contributed by atoms with Crippen molar-refractivity contribution in [3.05, 3.63) is 52.7 Å². The van der Waals surface area contributed by atoms with Crippen molar-refractivity contribution >= 4 is 33.4 Å². The fraction of sp³-hybridized carbons (Fsp3) is 0.0769. The fourth-order valence-corrected chi connectivity index (χ4v) is 3.04. The third kappa shape index (κ3) is 3.50. The van der Waals surface area contributed by atoms with Crippen LogP contribution in [-0.4, -0.2) is 24.5 Å². The number of hydrogen-bond acceptors (Lipinski definition) is 4. The number of anilines is 1. The normalized spacial score (nSPS) is 11.1. The molecule has 1 aromatic heterocycles. The van der Waals surface area contributed by atoms with Crippen molar-refractivity contribution in [1.29, 1.82) is 0 Å². The van der Waals surface area contributed by atoms with E-state index in [2.05, 4.69) is 9.71 Å². The molecule has 0 aliphatic rings. The summed E-state index contributed by atoms with van der Waals surface area (Å²) in [6.07, 6.45) is 1.31. The second-order valence-corrected chi connectivity index (χ2v) is 6.34. The molecule has 0 saturated carbocycles. The van der Waals surface area contributed by atoms with Gasteiger partial charge in [-0.2, -0.15) is 0 Å². The summed E-state index contributed by atoms with van der Waals surface area (Å²) in [6.45, 7) is 1.58. The van der Waals surface area contributed by atoms with E-state index in [9.17, 15) is 13.2 Å². The number of pyridine rings is 1. The zero-order valence-corrected chi connectivity index (χ0v) is 12.4. The minimum atomic E-state index is -3.93. The van der Waals surface area contributed by atoms with Crippen LogP contribution >= 0.6 is 11.6 Å². The largest absolute Gasteiger partial charge is 0.478 e. The Kier molecular flexibility index (Phi) is 4.15. The van der Waals surface area contributed by atoms with Gasteiger partial charge in [-0.15, -0.1) is 0 Å². The molecule has 0 radical (unpaired) electrons. The minimum Gasteiger partial charge on any atom is -0.478 e. The van der Waals surface area contributed by atoms with E-state index in [4.69, 9.17) is 16.7 Å². The number of aromatic carboxylic acids is 1. The van der Waals surface area contributed by atoms with Crippen molar-refractivity contribution in [1.82, 2.24) is 4.98 Å². The number of benzene rings is 1. The summed E-state index contributed by atoms with van der Waals surface area (Å²) >= 11 is 5.68. The van der Waals surface area contributed by atoms with Crippen molar-refractivity contribution in [3.8, 4) is 0 Å². The van der Waals surface area contributed by atoms with Gasteiger partial charge in [-0.05, 0) is 36.8 Å². The molecule has 0 saturated heterocycles. The van der Waals surface area contributed by atoms with Gasteiger partial charge in [0.25, 0.3) is 10.0 Å². The van der Waals surface area contributed by atoms with Crippen LogP contribution in [0.3, 0.4) is 0 Å². The number of sulfonamides is 1. The molecule has 2 N–H and O–H groups in total. The highest BCUT2D eigenvalue weighted by molar-refractivity contribution is 7.92. The molecule has 0 amide bonds. The van der Waals surface area contributed by atoms with E-state index in [0.717, 1.165) is 6.07 Å². The van der Waals surface area contributed by atoms with Gasteiger partial charge in [0.15, 0.2) is 0 Å². The van der Waals surface area contributed by atoms with Gasteiger partial charge in [-0.25, -0.2) is 18.2 Å². The number of carboxylic acid groups (broad SMARTS) is 1. The smallest absolute Gasteiger partial charge is 0.335 e. The summed E-state index contributed by atoms with van der Waals surface area (Å²) < 4.78 is 26.9. The Balaban J connectivity index is 2.41. The molecule has 1 heterocycles. The third-order valence-corrected chi connectivity index (χ3v) is 4.41. The number of nitrogens with zero attached hydrogens (tertiary/aromatic N) is 1. The fourth-order valence-electron chi connectivity index (χ4n) is 1.65. The third-order valence-electron chi connectivity index (χ3n) is 2.69. The number of nitrogens with one attached hydrogen (secondary N) is 1.